The summed E-state index contributed by atoms with van der Waals surface area (Å²) in [5.41, 5.74) is -3.59. The molecule has 5 amide bonds. The lowest BCUT2D eigenvalue weighted by atomic mass is 10.2. The standard InChI is InChI=1S/C26H22F3N5O3S/c27-26(28,29)38-20-8-6-19(7-9-20)34-22(35)25(11-12-25)33(24(34)37)16-18-10-13-30-21(14-18)32-23(36)31-15-17-4-2-1-3-5-17/h1-10,13-14H,11-12,15-16H2,(H2,30,31,32,36). The molecular formula is C26H22F3N5O3S. The van der Waals surface area contributed by atoms with E-state index in [1.54, 1.807) is 12.1 Å². The molecule has 1 aromatic heterocycles. The molecule has 1 aliphatic heterocycles. The Balaban J connectivity index is 1.26. The lowest BCUT2D eigenvalue weighted by Gasteiger charge is -2.21. The van der Waals surface area contributed by atoms with Crippen LogP contribution in [0.15, 0.2) is 77.8 Å². The van der Waals surface area contributed by atoms with Gasteiger partial charge in [-0.2, -0.15) is 13.2 Å². The van der Waals surface area contributed by atoms with Crippen LogP contribution in [-0.4, -0.2) is 38.9 Å². The predicted octanol–water partition coefficient (Wildman–Crippen LogP) is 5.52. The fourth-order valence-corrected chi connectivity index (χ4v) is 4.86. The molecule has 12 heteroatoms. The van der Waals surface area contributed by atoms with Gasteiger partial charge in [-0.25, -0.2) is 19.5 Å². The van der Waals surface area contributed by atoms with Gasteiger partial charge in [0.25, 0.3) is 5.91 Å². The zero-order valence-corrected chi connectivity index (χ0v) is 20.7. The Kier molecular flexibility index (Phi) is 6.74. The SMILES string of the molecule is O=C(NCc1ccccc1)Nc1cc(CN2C(=O)N(c3ccc(SC(F)(F)F)cc3)C(=O)C23CC3)ccn1. The van der Waals surface area contributed by atoms with Gasteiger partial charge in [0.1, 0.15) is 11.4 Å². The molecule has 1 saturated heterocycles. The summed E-state index contributed by atoms with van der Waals surface area (Å²) in [7, 11) is 0. The van der Waals surface area contributed by atoms with Crippen molar-refractivity contribution in [1.82, 2.24) is 15.2 Å². The Hall–Kier alpha value is -4.06. The highest BCUT2D eigenvalue weighted by atomic mass is 32.2. The van der Waals surface area contributed by atoms with Crippen molar-refractivity contribution in [2.75, 3.05) is 10.2 Å². The third kappa shape index (κ3) is 5.44. The number of urea groups is 2. The number of nitrogens with zero attached hydrogens (tertiary/aromatic N) is 3. The maximum absolute atomic E-state index is 13.3. The molecule has 2 heterocycles. The average molecular weight is 542 g/mol. The van der Waals surface area contributed by atoms with Crippen LogP contribution in [-0.2, 0) is 17.9 Å². The van der Waals surface area contributed by atoms with Gasteiger partial charge in [0.15, 0.2) is 0 Å². The number of alkyl halides is 3. The number of rotatable bonds is 7. The van der Waals surface area contributed by atoms with Crippen LogP contribution in [0, 0.1) is 0 Å². The van der Waals surface area contributed by atoms with Crippen LogP contribution in [0.5, 0.6) is 0 Å². The van der Waals surface area contributed by atoms with Crippen LogP contribution in [0.3, 0.4) is 0 Å². The van der Waals surface area contributed by atoms with Crippen LogP contribution < -0.4 is 15.5 Å². The first kappa shape index (κ1) is 25.6. The minimum Gasteiger partial charge on any atom is -0.334 e. The number of hydrogen-bond donors (Lipinski definition) is 2. The third-order valence-electron chi connectivity index (χ3n) is 6.29. The lowest BCUT2D eigenvalue weighted by molar-refractivity contribution is -0.120. The topological polar surface area (TPSA) is 94.6 Å². The second-order valence-electron chi connectivity index (χ2n) is 8.93. The molecule has 0 unspecified atom stereocenters. The van der Waals surface area contributed by atoms with Gasteiger partial charge in [-0.3, -0.25) is 10.1 Å². The van der Waals surface area contributed by atoms with Crippen LogP contribution in [0.4, 0.5) is 34.3 Å². The number of anilines is 2. The number of hydrogen-bond acceptors (Lipinski definition) is 5. The van der Waals surface area contributed by atoms with E-state index in [1.807, 2.05) is 30.3 Å². The Morgan fingerprint density at radius 1 is 1.00 bits per heavy atom. The Morgan fingerprint density at radius 3 is 2.37 bits per heavy atom. The summed E-state index contributed by atoms with van der Waals surface area (Å²) in [6.45, 7) is 0.441. The zero-order valence-electron chi connectivity index (χ0n) is 19.9. The van der Waals surface area contributed by atoms with E-state index in [2.05, 4.69) is 15.6 Å². The van der Waals surface area contributed by atoms with Gasteiger partial charge in [-0.15, -0.1) is 0 Å². The van der Waals surface area contributed by atoms with Gasteiger partial charge in [0, 0.05) is 24.2 Å². The average Bonchev–Trinajstić information content (AvgIpc) is 3.66. The molecule has 1 spiro atoms. The second kappa shape index (κ2) is 10.0. The first-order valence-corrected chi connectivity index (χ1v) is 12.5. The van der Waals surface area contributed by atoms with Crippen LogP contribution in [0.2, 0.25) is 0 Å². The van der Waals surface area contributed by atoms with E-state index in [-0.39, 0.29) is 34.7 Å². The summed E-state index contributed by atoms with van der Waals surface area (Å²) in [6.07, 6.45) is 2.49. The molecule has 196 valence electrons. The number of thioether (sulfide) groups is 1. The Labute approximate surface area is 220 Å². The molecule has 1 aliphatic carbocycles. The van der Waals surface area contributed by atoms with Gasteiger partial charge in [-0.05, 0) is 72.1 Å². The normalized spacial score (nSPS) is 16.2. The van der Waals surface area contributed by atoms with Crippen molar-refractivity contribution < 1.29 is 27.6 Å². The third-order valence-corrected chi connectivity index (χ3v) is 7.03. The minimum atomic E-state index is -4.43. The molecule has 0 atom stereocenters. The van der Waals surface area contributed by atoms with Crippen molar-refractivity contribution in [2.45, 2.75) is 41.9 Å². The monoisotopic (exact) mass is 541 g/mol. The molecule has 8 nitrogen and oxygen atoms in total. The van der Waals surface area contributed by atoms with Crippen LogP contribution >= 0.6 is 11.8 Å². The van der Waals surface area contributed by atoms with E-state index in [0.717, 1.165) is 10.5 Å². The smallest absolute Gasteiger partial charge is 0.334 e. The van der Waals surface area contributed by atoms with Crippen molar-refractivity contribution >= 4 is 41.2 Å². The molecule has 1 saturated carbocycles. The number of amides is 5. The van der Waals surface area contributed by atoms with Gasteiger partial charge in [-0.1, -0.05) is 30.3 Å². The fourth-order valence-electron chi connectivity index (χ4n) is 4.32. The molecule has 0 radical (unpaired) electrons. The van der Waals surface area contributed by atoms with E-state index in [9.17, 15) is 27.6 Å². The highest BCUT2D eigenvalue weighted by molar-refractivity contribution is 8.00. The van der Waals surface area contributed by atoms with Gasteiger partial charge in [0.2, 0.25) is 0 Å². The number of carbonyl (C=O) groups is 3. The maximum atomic E-state index is 13.3. The van der Waals surface area contributed by atoms with E-state index < -0.39 is 29.0 Å². The molecular weight excluding hydrogens is 519 g/mol. The van der Waals surface area contributed by atoms with Crippen LogP contribution in [0.25, 0.3) is 0 Å². The van der Waals surface area contributed by atoms with Crippen LogP contribution in [0.1, 0.15) is 24.0 Å². The summed E-state index contributed by atoms with van der Waals surface area (Å²) in [5.74, 6) is -0.114. The number of pyridine rings is 1. The first-order valence-electron chi connectivity index (χ1n) is 11.7. The highest BCUT2D eigenvalue weighted by Gasteiger charge is 2.65. The van der Waals surface area contributed by atoms with Gasteiger partial charge in [0.05, 0.1) is 5.69 Å². The summed E-state index contributed by atoms with van der Waals surface area (Å²) in [4.78, 5) is 45.5. The van der Waals surface area contributed by atoms with Crippen molar-refractivity contribution in [3.05, 3.63) is 84.1 Å². The van der Waals surface area contributed by atoms with E-state index in [1.165, 1.54) is 35.4 Å². The number of imide groups is 1. The van der Waals surface area contributed by atoms with E-state index in [0.29, 0.717) is 24.9 Å². The number of halogens is 3. The first-order chi connectivity index (χ1) is 18.1. The largest absolute Gasteiger partial charge is 0.446 e. The van der Waals surface area contributed by atoms with E-state index >= 15 is 0 Å². The number of nitrogens with one attached hydrogen (secondary N) is 2. The highest BCUT2D eigenvalue weighted by Crippen LogP contribution is 2.50. The van der Waals surface area contributed by atoms with Crippen molar-refractivity contribution in [1.29, 1.82) is 0 Å². The maximum Gasteiger partial charge on any atom is 0.446 e. The van der Waals surface area contributed by atoms with Gasteiger partial charge >= 0.3 is 17.6 Å². The number of benzene rings is 2. The zero-order chi connectivity index (χ0) is 26.9. The fraction of sp³-hybridized carbons (Fsp3) is 0.231. The summed E-state index contributed by atoms with van der Waals surface area (Å²) >= 11 is -0.264. The van der Waals surface area contributed by atoms with Crippen molar-refractivity contribution in [3.63, 3.8) is 0 Å². The predicted molar refractivity (Wildman–Crippen MR) is 135 cm³/mol. The lowest BCUT2D eigenvalue weighted by Crippen LogP contribution is -2.36. The molecule has 2 N–H and O–H groups in total. The number of aromatic nitrogens is 1. The minimum absolute atomic E-state index is 0.0389. The Morgan fingerprint density at radius 2 is 1.71 bits per heavy atom. The molecule has 3 aromatic rings. The quantitative estimate of drug-likeness (QED) is 0.304. The molecule has 2 aliphatic rings. The molecule has 38 heavy (non-hydrogen) atoms. The molecule has 2 fully saturated rings. The summed E-state index contributed by atoms with van der Waals surface area (Å²) in [5, 5.41) is 5.41. The van der Waals surface area contributed by atoms with E-state index in [4.69, 9.17) is 0 Å². The van der Waals surface area contributed by atoms with Crippen molar-refractivity contribution in [3.8, 4) is 0 Å². The number of carbonyl (C=O) groups excluding carboxylic acids is 3. The summed E-state index contributed by atoms with van der Waals surface area (Å²) in [6, 6.07) is 16.9. The molecule has 5 rings (SSSR count). The van der Waals surface area contributed by atoms with Gasteiger partial charge < -0.3 is 10.2 Å². The Bertz CT molecular complexity index is 1360. The molecule has 0 bridgehead atoms. The summed E-state index contributed by atoms with van der Waals surface area (Å²) < 4.78 is 37.9. The van der Waals surface area contributed by atoms with Crippen molar-refractivity contribution in [2.24, 2.45) is 0 Å². The second-order valence-corrected chi connectivity index (χ2v) is 10.1. The molecule has 2 aromatic carbocycles.